The smallest absolute Gasteiger partial charge is 0.256 e. The Labute approximate surface area is 173 Å². The number of rotatable bonds is 4. The third-order valence-corrected chi connectivity index (χ3v) is 7.28. The molecule has 28 heavy (non-hydrogen) atoms. The van der Waals surface area contributed by atoms with Crippen molar-refractivity contribution in [2.24, 2.45) is 0 Å². The van der Waals surface area contributed by atoms with Gasteiger partial charge in [0.15, 0.2) is 0 Å². The van der Waals surface area contributed by atoms with Crippen LogP contribution >= 0.6 is 15.9 Å². The third-order valence-electron chi connectivity index (χ3n) is 4.87. The average molecular weight is 469 g/mol. The van der Waals surface area contributed by atoms with Crippen molar-refractivity contribution in [3.8, 4) is 0 Å². The van der Waals surface area contributed by atoms with Crippen LogP contribution in [0.5, 0.6) is 0 Å². The summed E-state index contributed by atoms with van der Waals surface area (Å²) < 4.78 is 41.7. The van der Waals surface area contributed by atoms with Crippen molar-refractivity contribution < 1.29 is 17.6 Å². The third kappa shape index (κ3) is 4.29. The highest BCUT2D eigenvalue weighted by Gasteiger charge is 2.31. The van der Waals surface area contributed by atoms with Gasteiger partial charge in [0.25, 0.3) is 5.91 Å². The molecule has 1 saturated heterocycles. The van der Waals surface area contributed by atoms with Crippen molar-refractivity contribution >= 4 is 31.9 Å². The van der Waals surface area contributed by atoms with E-state index in [-0.39, 0.29) is 36.6 Å². The largest absolute Gasteiger partial charge is 0.336 e. The normalized spacial score (nSPS) is 15.8. The molecular formula is C20H22BrFN2O3S. The van der Waals surface area contributed by atoms with Gasteiger partial charge in [0.1, 0.15) is 5.82 Å². The number of sulfonamides is 1. The summed E-state index contributed by atoms with van der Waals surface area (Å²) >= 11 is 3.17. The predicted molar refractivity (Wildman–Crippen MR) is 109 cm³/mol. The number of amides is 1. The highest BCUT2D eigenvalue weighted by molar-refractivity contribution is 9.10. The zero-order valence-corrected chi connectivity index (χ0v) is 18.1. The maximum Gasteiger partial charge on any atom is 0.256 e. The molecular weight excluding hydrogens is 447 g/mol. The van der Waals surface area contributed by atoms with E-state index in [1.807, 2.05) is 26.0 Å². The molecule has 150 valence electrons. The minimum Gasteiger partial charge on any atom is -0.336 e. The van der Waals surface area contributed by atoms with Crippen molar-refractivity contribution in [1.82, 2.24) is 9.21 Å². The van der Waals surface area contributed by atoms with E-state index in [4.69, 9.17) is 0 Å². The Morgan fingerprint density at radius 1 is 1.04 bits per heavy atom. The van der Waals surface area contributed by atoms with Crippen LogP contribution in [0.4, 0.5) is 4.39 Å². The second kappa shape index (κ2) is 8.31. The molecule has 1 fully saturated rings. The summed E-state index contributed by atoms with van der Waals surface area (Å²) in [5.41, 5.74) is 1.06. The van der Waals surface area contributed by atoms with Crippen LogP contribution in [0.3, 0.4) is 0 Å². The topological polar surface area (TPSA) is 57.7 Å². The molecule has 0 saturated carbocycles. The highest BCUT2D eigenvalue weighted by atomic mass is 79.9. The Hall–Kier alpha value is -1.77. The Bertz CT molecular complexity index is 969. The van der Waals surface area contributed by atoms with Crippen LogP contribution in [-0.2, 0) is 10.0 Å². The summed E-state index contributed by atoms with van der Waals surface area (Å²) in [5, 5.41) is 0. The van der Waals surface area contributed by atoms with E-state index in [2.05, 4.69) is 15.9 Å². The molecule has 0 bridgehead atoms. The van der Waals surface area contributed by atoms with Crippen molar-refractivity contribution in [3.63, 3.8) is 0 Å². The van der Waals surface area contributed by atoms with Gasteiger partial charge < -0.3 is 4.90 Å². The van der Waals surface area contributed by atoms with Crippen LogP contribution in [0.25, 0.3) is 0 Å². The monoisotopic (exact) mass is 468 g/mol. The predicted octanol–water partition coefficient (Wildman–Crippen LogP) is 3.86. The standard InChI is InChI=1S/C20H22BrFN2O3S/c1-14(2)15-3-6-17(7-4-15)28(26,27)24-11-9-23(10-12-24)20(25)18-8-5-16(21)13-19(18)22/h3-8,13-14H,9-12H2,1-2H3. The zero-order valence-electron chi connectivity index (χ0n) is 15.7. The van der Waals surface area contributed by atoms with Crippen molar-refractivity contribution in [2.45, 2.75) is 24.7 Å². The number of hydrogen-bond acceptors (Lipinski definition) is 3. The van der Waals surface area contributed by atoms with Gasteiger partial charge >= 0.3 is 0 Å². The fourth-order valence-electron chi connectivity index (χ4n) is 3.14. The molecule has 0 atom stereocenters. The molecule has 1 aliphatic rings. The van der Waals surface area contributed by atoms with E-state index >= 15 is 0 Å². The van der Waals surface area contributed by atoms with Crippen LogP contribution in [0.15, 0.2) is 51.8 Å². The van der Waals surface area contributed by atoms with Gasteiger partial charge in [0.05, 0.1) is 10.5 Å². The number of carbonyl (C=O) groups is 1. The first-order valence-electron chi connectivity index (χ1n) is 9.04. The number of hydrogen-bond donors (Lipinski definition) is 0. The summed E-state index contributed by atoms with van der Waals surface area (Å²) in [5.74, 6) is -0.701. The molecule has 0 aromatic heterocycles. The minimum absolute atomic E-state index is 0.0104. The van der Waals surface area contributed by atoms with Gasteiger partial charge in [-0.25, -0.2) is 12.8 Å². The molecule has 0 aliphatic carbocycles. The highest BCUT2D eigenvalue weighted by Crippen LogP contribution is 2.22. The van der Waals surface area contributed by atoms with E-state index in [9.17, 15) is 17.6 Å². The number of carbonyl (C=O) groups excluding carboxylic acids is 1. The maximum atomic E-state index is 14.0. The van der Waals surface area contributed by atoms with Crippen LogP contribution in [0.1, 0.15) is 35.7 Å². The van der Waals surface area contributed by atoms with Crippen LogP contribution in [0, 0.1) is 5.82 Å². The average Bonchev–Trinajstić information content (AvgIpc) is 2.67. The van der Waals surface area contributed by atoms with E-state index in [0.717, 1.165) is 5.56 Å². The number of nitrogens with zero attached hydrogens (tertiary/aromatic N) is 2. The lowest BCUT2D eigenvalue weighted by molar-refractivity contribution is 0.0693. The Balaban J connectivity index is 1.69. The summed E-state index contributed by atoms with van der Waals surface area (Å²) in [6, 6.07) is 11.2. The van der Waals surface area contributed by atoms with Crippen LogP contribution in [-0.4, -0.2) is 49.7 Å². The lowest BCUT2D eigenvalue weighted by Gasteiger charge is -2.34. The first kappa shape index (κ1) is 21.0. The van der Waals surface area contributed by atoms with Crippen LogP contribution < -0.4 is 0 Å². The van der Waals surface area contributed by atoms with Crippen molar-refractivity contribution in [1.29, 1.82) is 0 Å². The van der Waals surface area contributed by atoms with Crippen molar-refractivity contribution in [3.05, 3.63) is 63.9 Å². The van der Waals surface area contributed by atoms with Crippen molar-refractivity contribution in [2.75, 3.05) is 26.2 Å². The Morgan fingerprint density at radius 3 is 2.18 bits per heavy atom. The van der Waals surface area contributed by atoms with Gasteiger partial charge in [0, 0.05) is 30.7 Å². The fourth-order valence-corrected chi connectivity index (χ4v) is 4.89. The molecule has 0 N–H and O–H groups in total. The maximum absolute atomic E-state index is 14.0. The molecule has 1 heterocycles. The SMILES string of the molecule is CC(C)c1ccc(S(=O)(=O)N2CCN(C(=O)c3ccc(Br)cc3F)CC2)cc1. The molecule has 8 heteroatoms. The number of benzene rings is 2. The minimum atomic E-state index is -3.62. The molecule has 1 amide bonds. The number of halogens is 2. The Kier molecular flexibility index (Phi) is 6.21. The summed E-state index contributed by atoms with van der Waals surface area (Å²) in [4.78, 5) is 14.3. The van der Waals surface area contributed by atoms with E-state index in [1.54, 1.807) is 18.2 Å². The molecule has 5 nitrogen and oxygen atoms in total. The lowest BCUT2D eigenvalue weighted by atomic mass is 10.0. The molecule has 0 radical (unpaired) electrons. The van der Waals surface area contributed by atoms with Gasteiger partial charge in [-0.15, -0.1) is 0 Å². The van der Waals surface area contributed by atoms with Crippen LogP contribution in [0.2, 0.25) is 0 Å². The zero-order chi connectivity index (χ0) is 20.5. The molecule has 2 aromatic rings. The number of piperazine rings is 1. The van der Waals surface area contributed by atoms with E-state index < -0.39 is 21.7 Å². The van der Waals surface area contributed by atoms with Gasteiger partial charge in [-0.05, 0) is 41.8 Å². The first-order chi connectivity index (χ1) is 13.2. The summed E-state index contributed by atoms with van der Waals surface area (Å²) in [7, 11) is -3.62. The molecule has 0 spiro atoms. The lowest BCUT2D eigenvalue weighted by Crippen LogP contribution is -2.50. The first-order valence-corrected chi connectivity index (χ1v) is 11.3. The Morgan fingerprint density at radius 2 is 1.64 bits per heavy atom. The quantitative estimate of drug-likeness (QED) is 0.684. The second-order valence-electron chi connectivity index (χ2n) is 7.04. The molecule has 1 aliphatic heterocycles. The van der Waals surface area contributed by atoms with Gasteiger partial charge in [0.2, 0.25) is 10.0 Å². The van der Waals surface area contributed by atoms with Gasteiger partial charge in [-0.3, -0.25) is 4.79 Å². The van der Waals surface area contributed by atoms with Gasteiger partial charge in [-0.1, -0.05) is 41.9 Å². The molecule has 3 rings (SSSR count). The summed E-state index contributed by atoms with van der Waals surface area (Å²) in [6.07, 6.45) is 0. The molecule has 2 aromatic carbocycles. The van der Waals surface area contributed by atoms with E-state index in [1.165, 1.54) is 21.3 Å². The summed E-state index contributed by atoms with van der Waals surface area (Å²) in [6.45, 7) is 4.90. The van der Waals surface area contributed by atoms with Gasteiger partial charge in [-0.2, -0.15) is 4.31 Å². The molecule has 0 unspecified atom stereocenters. The second-order valence-corrected chi connectivity index (χ2v) is 9.90. The fraction of sp³-hybridized carbons (Fsp3) is 0.350. The van der Waals surface area contributed by atoms with E-state index in [0.29, 0.717) is 10.4 Å².